The normalized spacial score (nSPS) is 14.5. The van der Waals surface area contributed by atoms with E-state index < -0.39 is 12.2 Å². The first-order chi connectivity index (χ1) is 7.91. The van der Waals surface area contributed by atoms with Crippen molar-refractivity contribution in [3.63, 3.8) is 0 Å². The summed E-state index contributed by atoms with van der Waals surface area (Å²) in [5.41, 5.74) is 1.05. The van der Waals surface area contributed by atoms with Crippen LogP contribution in [0.5, 0.6) is 0 Å². The minimum atomic E-state index is -0.665. The van der Waals surface area contributed by atoms with Crippen molar-refractivity contribution < 1.29 is 14.6 Å². The fraction of sp³-hybridized carbons (Fsp3) is 0.538. The van der Waals surface area contributed by atoms with Gasteiger partial charge in [0, 0.05) is 13.6 Å². The smallest absolute Gasteiger partial charge is 0.146 e. The third-order valence-corrected chi connectivity index (χ3v) is 2.75. The van der Waals surface area contributed by atoms with Gasteiger partial charge in [-0.15, -0.1) is 0 Å². The largest absolute Gasteiger partial charge is 0.393 e. The molecule has 0 saturated carbocycles. The Balaban J connectivity index is 2.77. The SMILES string of the molecule is CC(O)CCN(C)c1ccc([C@@H](C)O)cc1F. The van der Waals surface area contributed by atoms with E-state index in [1.54, 1.807) is 37.9 Å². The minimum absolute atomic E-state index is 0.350. The Morgan fingerprint density at radius 1 is 1.29 bits per heavy atom. The molecule has 0 aliphatic heterocycles. The number of aliphatic hydroxyl groups excluding tert-OH is 2. The summed E-state index contributed by atoms with van der Waals surface area (Å²) in [5, 5.41) is 18.5. The van der Waals surface area contributed by atoms with Gasteiger partial charge in [-0.2, -0.15) is 0 Å². The summed E-state index contributed by atoms with van der Waals surface area (Å²) >= 11 is 0. The van der Waals surface area contributed by atoms with Gasteiger partial charge < -0.3 is 15.1 Å². The molecule has 4 heteroatoms. The highest BCUT2D eigenvalue weighted by molar-refractivity contribution is 5.48. The maximum atomic E-state index is 13.8. The lowest BCUT2D eigenvalue weighted by molar-refractivity contribution is 0.187. The van der Waals surface area contributed by atoms with Gasteiger partial charge >= 0.3 is 0 Å². The number of aliphatic hydroxyl groups is 2. The highest BCUT2D eigenvalue weighted by atomic mass is 19.1. The van der Waals surface area contributed by atoms with Crippen LogP contribution in [-0.2, 0) is 0 Å². The molecule has 0 radical (unpaired) electrons. The van der Waals surface area contributed by atoms with Crippen molar-refractivity contribution in [2.45, 2.75) is 32.5 Å². The Hall–Kier alpha value is -1.13. The third kappa shape index (κ3) is 3.98. The first-order valence-corrected chi connectivity index (χ1v) is 5.78. The van der Waals surface area contributed by atoms with E-state index >= 15 is 0 Å². The molecule has 17 heavy (non-hydrogen) atoms. The summed E-state index contributed by atoms with van der Waals surface area (Å²) in [6.45, 7) is 3.90. The second-order valence-corrected chi connectivity index (χ2v) is 4.45. The van der Waals surface area contributed by atoms with E-state index in [1.807, 2.05) is 0 Å². The van der Waals surface area contributed by atoms with Crippen molar-refractivity contribution in [3.05, 3.63) is 29.6 Å². The number of benzene rings is 1. The van der Waals surface area contributed by atoms with Gasteiger partial charge in [0.2, 0.25) is 0 Å². The van der Waals surface area contributed by atoms with Gasteiger partial charge in [0.1, 0.15) is 5.82 Å². The first-order valence-electron chi connectivity index (χ1n) is 5.78. The van der Waals surface area contributed by atoms with Crippen LogP contribution < -0.4 is 4.90 Å². The van der Waals surface area contributed by atoms with Gasteiger partial charge in [-0.3, -0.25) is 0 Å². The van der Waals surface area contributed by atoms with Crippen LogP contribution in [0.4, 0.5) is 10.1 Å². The third-order valence-electron chi connectivity index (χ3n) is 2.75. The summed E-state index contributed by atoms with van der Waals surface area (Å²) in [6.07, 6.45) is -0.466. The van der Waals surface area contributed by atoms with E-state index in [0.29, 0.717) is 24.2 Å². The Morgan fingerprint density at radius 3 is 2.41 bits per heavy atom. The predicted molar refractivity (Wildman–Crippen MR) is 66.6 cm³/mol. The predicted octanol–water partition coefficient (Wildman–Crippen LogP) is 2.09. The quantitative estimate of drug-likeness (QED) is 0.829. The zero-order valence-electron chi connectivity index (χ0n) is 10.5. The Bertz CT molecular complexity index is 366. The van der Waals surface area contributed by atoms with Crippen molar-refractivity contribution in [1.82, 2.24) is 0 Å². The van der Waals surface area contributed by atoms with Crippen LogP contribution in [0, 0.1) is 5.82 Å². The summed E-state index contributed by atoms with van der Waals surface area (Å²) in [5.74, 6) is -0.350. The van der Waals surface area contributed by atoms with Crippen LogP contribution in [0.15, 0.2) is 18.2 Å². The average Bonchev–Trinajstić information content (AvgIpc) is 2.25. The molecule has 0 fully saturated rings. The molecule has 1 aromatic carbocycles. The highest BCUT2D eigenvalue weighted by Crippen LogP contribution is 2.22. The lowest BCUT2D eigenvalue weighted by Gasteiger charge is -2.21. The monoisotopic (exact) mass is 241 g/mol. The highest BCUT2D eigenvalue weighted by Gasteiger charge is 2.10. The number of anilines is 1. The van der Waals surface area contributed by atoms with E-state index in [-0.39, 0.29) is 5.82 Å². The summed E-state index contributed by atoms with van der Waals surface area (Å²) in [6, 6.07) is 4.71. The van der Waals surface area contributed by atoms with Crippen molar-refractivity contribution in [3.8, 4) is 0 Å². The van der Waals surface area contributed by atoms with Gasteiger partial charge in [-0.1, -0.05) is 6.07 Å². The van der Waals surface area contributed by atoms with E-state index in [4.69, 9.17) is 0 Å². The van der Waals surface area contributed by atoms with E-state index in [1.165, 1.54) is 6.07 Å². The van der Waals surface area contributed by atoms with Gasteiger partial charge in [-0.25, -0.2) is 4.39 Å². The molecule has 2 N–H and O–H groups in total. The van der Waals surface area contributed by atoms with E-state index in [0.717, 1.165) is 0 Å². The molecule has 0 bridgehead atoms. The van der Waals surface area contributed by atoms with Crippen LogP contribution in [-0.4, -0.2) is 29.9 Å². The molecule has 0 aromatic heterocycles. The fourth-order valence-corrected chi connectivity index (χ4v) is 1.59. The second-order valence-electron chi connectivity index (χ2n) is 4.45. The van der Waals surface area contributed by atoms with Crippen molar-refractivity contribution in [2.75, 3.05) is 18.5 Å². The lowest BCUT2D eigenvalue weighted by Crippen LogP contribution is -2.22. The maximum Gasteiger partial charge on any atom is 0.146 e. The van der Waals surface area contributed by atoms with E-state index in [9.17, 15) is 14.6 Å². The van der Waals surface area contributed by atoms with Crippen LogP contribution >= 0.6 is 0 Å². The molecule has 0 aliphatic rings. The van der Waals surface area contributed by atoms with Crippen LogP contribution in [0.3, 0.4) is 0 Å². The molecule has 0 heterocycles. The Kier molecular flexibility index (Phi) is 4.90. The number of hydrogen-bond donors (Lipinski definition) is 2. The molecular formula is C13H20FNO2. The average molecular weight is 241 g/mol. The lowest BCUT2D eigenvalue weighted by atomic mass is 10.1. The van der Waals surface area contributed by atoms with Crippen molar-refractivity contribution >= 4 is 5.69 Å². The summed E-state index contributed by atoms with van der Waals surface area (Å²) < 4.78 is 13.8. The molecule has 0 amide bonds. The van der Waals surface area contributed by atoms with Crippen molar-refractivity contribution in [1.29, 1.82) is 0 Å². The number of hydrogen-bond acceptors (Lipinski definition) is 3. The van der Waals surface area contributed by atoms with Crippen LogP contribution in [0.2, 0.25) is 0 Å². The fourth-order valence-electron chi connectivity index (χ4n) is 1.59. The van der Waals surface area contributed by atoms with Crippen LogP contribution in [0.25, 0.3) is 0 Å². The zero-order chi connectivity index (χ0) is 13.0. The number of rotatable bonds is 5. The molecule has 3 nitrogen and oxygen atoms in total. The molecular weight excluding hydrogens is 221 g/mol. The zero-order valence-corrected chi connectivity index (χ0v) is 10.5. The number of nitrogens with zero attached hydrogens (tertiary/aromatic N) is 1. The van der Waals surface area contributed by atoms with E-state index in [2.05, 4.69) is 0 Å². The summed E-state index contributed by atoms with van der Waals surface area (Å²) in [7, 11) is 1.78. The maximum absolute atomic E-state index is 13.8. The molecule has 2 atom stereocenters. The second kappa shape index (κ2) is 5.98. The van der Waals surface area contributed by atoms with Gasteiger partial charge in [0.25, 0.3) is 0 Å². The topological polar surface area (TPSA) is 43.7 Å². The Labute approximate surface area is 101 Å². The molecule has 0 aliphatic carbocycles. The molecule has 0 spiro atoms. The Morgan fingerprint density at radius 2 is 1.94 bits per heavy atom. The first kappa shape index (κ1) is 13.9. The van der Waals surface area contributed by atoms with Gasteiger partial charge in [0.15, 0.2) is 0 Å². The molecule has 1 aromatic rings. The standard InChI is InChI=1S/C13H20FNO2/c1-9(16)6-7-15(3)13-5-4-11(10(2)17)8-12(13)14/h4-5,8-10,16-17H,6-7H2,1-3H3/t9?,10-/m1/s1. The molecule has 96 valence electrons. The van der Waals surface area contributed by atoms with Crippen LogP contribution in [0.1, 0.15) is 31.9 Å². The molecule has 0 saturated heterocycles. The van der Waals surface area contributed by atoms with Gasteiger partial charge in [0.05, 0.1) is 17.9 Å². The van der Waals surface area contributed by atoms with Crippen molar-refractivity contribution in [2.24, 2.45) is 0 Å². The number of halogens is 1. The van der Waals surface area contributed by atoms with Gasteiger partial charge in [-0.05, 0) is 38.0 Å². The minimum Gasteiger partial charge on any atom is -0.393 e. The summed E-state index contributed by atoms with van der Waals surface area (Å²) in [4.78, 5) is 1.76. The molecule has 1 rings (SSSR count). The molecule has 1 unspecified atom stereocenters.